The molecule has 2 aromatic rings. The number of rotatable bonds is 3. The van der Waals surface area contributed by atoms with Gasteiger partial charge in [0.25, 0.3) is 0 Å². The summed E-state index contributed by atoms with van der Waals surface area (Å²) in [7, 11) is 1.82. The van der Waals surface area contributed by atoms with E-state index < -0.39 is 0 Å². The lowest BCUT2D eigenvalue weighted by Gasteiger charge is -2.57. The molecule has 1 aromatic heterocycles. The molecule has 0 radical (unpaired) electrons. The van der Waals surface area contributed by atoms with Gasteiger partial charge in [0.2, 0.25) is 0 Å². The Morgan fingerprint density at radius 2 is 2.17 bits per heavy atom. The SMILES string of the molecule is CCN(C)C(=O)NC1CC2(C1)CC(c1nc3cc(Cl)ccc3o1)C2. The Morgan fingerprint density at radius 3 is 2.88 bits per heavy atom. The second kappa shape index (κ2) is 5.66. The van der Waals surface area contributed by atoms with Crippen LogP contribution in [-0.2, 0) is 0 Å². The summed E-state index contributed by atoms with van der Waals surface area (Å²) in [6.07, 6.45) is 4.34. The summed E-state index contributed by atoms with van der Waals surface area (Å²) in [5, 5.41) is 3.79. The third-order valence-corrected chi connectivity index (χ3v) is 5.82. The molecule has 0 bridgehead atoms. The fourth-order valence-electron chi connectivity index (χ4n) is 4.10. The van der Waals surface area contributed by atoms with Gasteiger partial charge in [-0.25, -0.2) is 9.78 Å². The van der Waals surface area contributed by atoms with Gasteiger partial charge < -0.3 is 14.6 Å². The lowest BCUT2D eigenvalue weighted by atomic mass is 9.50. The fourth-order valence-corrected chi connectivity index (χ4v) is 4.27. The highest BCUT2D eigenvalue weighted by Crippen LogP contribution is 2.61. The summed E-state index contributed by atoms with van der Waals surface area (Å²) >= 11 is 6.00. The van der Waals surface area contributed by atoms with E-state index in [1.165, 1.54) is 0 Å². The van der Waals surface area contributed by atoms with E-state index in [4.69, 9.17) is 16.0 Å². The molecule has 2 aliphatic rings. The van der Waals surface area contributed by atoms with Gasteiger partial charge in [-0.15, -0.1) is 0 Å². The number of amides is 2. The molecule has 1 heterocycles. The minimum Gasteiger partial charge on any atom is -0.440 e. The predicted molar refractivity (Wildman–Crippen MR) is 93.3 cm³/mol. The Kier molecular flexibility index (Phi) is 3.71. The highest BCUT2D eigenvalue weighted by atomic mass is 35.5. The van der Waals surface area contributed by atoms with Crippen LogP contribution in [-0.4, -0.2) is 35.5 Å². The molecule has 1 spiro atoms. The predicted octanol–water partition coefficient (Wildman–Crippen LogP) is 4.17. The average Bonchev–Trinajstić information content (AvgIpc) is 2.89. The van der Waals surface area contributed by atoms with Crippen molar-refractivity contribution in [3.8, 4) is 0 Å². The van der Waals surface area contributed by atoms with Gasteiger partial charge in [-0.1, -0.05) is 11.6 Å². The van der Waals surface area contributed by atoms with Gasteiger partial charge in [0.15, 0.2) is 11.5 Å². The van der Waals surface area contributed by atoms with E-state index in [1.54, 1.807) is 4.90 Å². The fraction of sp³-hybridized carbons (Fsp3) is 0.556. The minimum atomic E-state index is 0.0315. The molecule has 2 fully saturated rings. The first-order valence-corrected chi connectivity index (χ1v) is 8.93. The number of hydrogen-bond donors (Lipinski definition) is 1. The third-order valence-electron chi connectivity index (χ3n) is 5.58. The van der Waals surface area contributed by atoms with E-state index in [-0.39, 0.29) is 6.03 Å². The van der Waals surface area contributed by atoms with E-state index >= 15 is 0 Å². The molecule has 6 heteroatoms. The van der Waals surface area contributed by atoms with Crippen LogP contribution in [0.25, 0.3) is 11.1 Å². The number of nitrogens with zero attached hydrogens (tertiary/aromatic N) is 2. The van der Waals surface area contributed by atoms with Crippen LogP contribution in [0.2, 0.25) is 5.02 Å². The van der Waals surface area contributed by atoms with Crippen LogP contribution < -0.4 is 5.32 Å². The van der Waals surface area contributed by atoms with Crippen molar-refractivity contribution < 1.29 is 9.21 Å². The first-order valence-electron chi connectivity index (χ1n) is 8.56. The number of carbonyl (C=O) groups is 1. The summed E-state index contributed by atoms with van der Waals surface area (Å²) in [5.74, 6) is 1.22. The number of aromatic nitrogens is 1. The molecule has 0 atom stereocenters. The third kappa shape index (κ3) is 2.65. The first kappa shape index (κ1) is 15.8. The van der Waals surface area contributed by atoms with Gasteiger partial charge in [0.05, 0.1) is 0 Å². The molecule has 0 saturated heterocycles. The molecule has 24 heavy (non-hydrogen) atoms. The van der Waals surface area contributed by atoms with Crippen molar-refractivity contribution in [1.29, 1.82) is 0 Å². The lowest BCUT2D eigenvalue weighted by Crippen LogP contribution is -2.57. The van der Waals surface area contributed by atoms with Crippen molar-refractivity contribution in [1.82, 2.24) is 15.2 Å². The van der Waals surface area contributed by atoms with Gasteiger partial charge >= 0.3 is 6.03 Å². The summed E-state index contributed by atoms with van der Waals surface area (Å²) in [6.45, 7) is 2.71. The van der Waals surface area contributed by atoms with Crippen molar-refractivity contribution in [2.75, 3.05) is 13.6 Å². The summed E-state index contributed by atoms with van der Waals surface area (Å²) < 4.78 is 5.88. The maximum absolute atomic E-state index is 11.9. The minimum absolute atomic E-state index is 0.0315. The summed E-state index contributed by atoms with van der Waals surface area (Å²) in [5.41, 5.74) is 2.02. The Labute approximate surface area is 146 Å². The monoisotopic (exact) mass is 347 g/mol. The van der Waals surface area contributed by atoms with E-state index in [2.05, 4.69) is 10.3 Å². The topological polar surface area (TPSA) is 58.4 Å². The maximum Gasteiger partial charge on any atom is 0.317 e. The number of hydrogen-bond acceptors (Lipinski definition) is 3. The molecule has 0 unspecified atom stereocenters. The Bertz CT molecular complexity index is 774. The van der Waals surface area contributed by atoms with Gasteiger partial charge in [0, 0.05) is 30.6 Å². The van der Waals surface area contributed by atoms with Crippen LogP contribution in [0, 0.1) is 5.41 Å². The number of benzene rings is 1. The number of nitrogens with one attached hydrogen (secondary N) is 1. The Hall–Kier alpha value is -1.75. The molecule has 2 aliphatic carbocycles. The standard InChI is InChI=1S/C18H22ClN3O2/c1-3-22(2)17(23)20-13-9-18(10-13)7-11(8-18)16-21-14-6-12(19)4-5-15(14)24-16/h4-6,11,13H,3,7-10H2,1-2H3,(H,20,23). The Morgan fingerprint density at radius 1 is 1.42 bits per heavy atom. The van der Waals surface area contributed by atoms with Gasteiger partial charge in [0.1, 0.15) is 5.52 Å². The van der Waals surface area contributed by atoms with Gasteiger partial charge in [-0.2, -0.15) is 0 Å². The maximum atomic E-state index is 11.9. The molecular weight excluding hydrogens is 326 g/mol. The molecule has 2 amide bonds. The molecular formula is C18H22ClN3O2. The van der Waals surface area contributed by atoms with E-state index in [1.807, 2.05) is 32.2 Å². The Balaban J connectivity index is 1.33. The first-order chi connectivity index (χ1) is 11.5. The second-order valence-electron chi connectivity index (χ2n) is 7.34. The summed E-state index contributed by atoms with van der Waals surface area (Å²) in [6, 6.07) is 5.89. The number of carbonyl (C=O) groups excluding carboxylic acids is 1. The number of halogens is 1. The van der Waals surface area contributed by atoms with Crippen LogP contribution >= 0.6 is 11.6 Å². The zero-order valence-corrected chi connectivity index (χ0v) is 14.8. The van der Waals surface area contributed by atoms with Crippen molar-refractivity contribution in [2.45, 2.75) is 44.6 Å². The van der Waals surface area contributed by atoms with Crippen molar-refractivity contribution in [3.05, 3.63) is 29.1 Å². The van der Waals surface area contributed by atoms with E-state index in [0.29, 0.717) is 22.4 Å². The molecule has 128 valence electrons. The van der Waals surface area contributed by atoms with Crippen LogP contribution in [0.4, 0.5) is 4.79 Å². The van der Waals surface area contributed by atoms with Gasteiger partial charge in [-0.3, -0.25) is 0 Å². The van der Waals surface area contributed by atoms with Crippen LogP contribution in [0.1, 0.15) is 44.4 Å². The van der Waals surface area contributed by atoms with E-state index in [9.17, 15) is 4.79 Å². The largest absolute Gasteiger partial charge is 0.440 e. The molecule has 2 saturated carbocycles. The van der Waals surface area contributed by atoms with Gasteiger partial charge in [-0.05, 0) is 56.2 Å². The summed E-state index contributed by atoms with van der Waals surface area (Å²) in [4.78, 5) is 18.2. The molecule has 1 aromatic carbocycles. The molecule has 5 nitrogen and oxygen atoms in total. The van der Waals surface area contributed by atoms with Crippen molar-refractivity contribution in [3.63, 3.8) is 0 Å². The number of fused-ring (bicyclic) bond motifs is 1. The highest BCUT2D eigenvalue weighted by molar-refractivity contribution is 6.31. The quantitative estimate of drug-likeness (QED) is 0.906. The van der Waals surface area contributed by atoms with E-state index in [0.717, 1.165) is 49.2 Å². The smallest absolute Gasteiger partial charge is 0.317 e. The number of oxazole rings is 1. The molecule has 4 rings (SSSR count). The normalized spacial score (nSPS) is 28.5. The molecule has 0 aliphatic heterocycles. The lowest BCUT2D eigenvalue weighted by molar-refractivity contribution is -0.0246. The molecule has 1 N–H and O–H groups in total. The highest BCUT2D eigenvalue weighted by Gasteiger charge is 2.54. The van der Waals surface area contributed by atoms with Crippen LogP contribution in [0.5, 0.6) is 0 Å². The number of urea groups is 1. The van der Waals surface area contributed by atoms with Crippen molar-refractivity contribution in [2.24, 2.45) is 5.41 Å². The average molecular weight is 348 g/mol. The van der Waals surface area contributed by atoms with Crippen LogP contribution in [0.15, 0.2) is 22.6 Å². The van der Waals surface area contributed by atoms with Crippen molar-refractivity contribution >= 4 is 28.7 Å². The second-order valence-corrected chi connectivity index (χ2v) is 7.77. The zero-order chi connectivity index (χ0) is 16.9. The van der Waals surface area contributed by atoms with Crippen LogP contribution in [0.3, 0.4) is 0 Å². The zero-order valence-electron chi connectivity index (χ0n) is 14.0.